The molecule has 1 N–H and O–H groups in total. The smallest absolute Gasteiger partial charge is 0.266 e. The highest BCUT2D eigenvalue weighted by Crippen LogP contribution is 2.25. The summed E-state index contributed by atoms with van der Waals surface area (Å²) >= 11 is 10.5. The zero-order chi connectivity index (χ0) is 13.1. The highest BCUT2D eigenvalue weighted by molar-refractivity contribution is 9.10. The van der Waals surface area contributed by atoms with E-state index in [9.17, 15) is 4.79 Å². The number of hydrogen-bond donors (Lipinski definition) is 1. The van der Waals surface area contributed by atoms with E-state index >= 15 is 0 Å². The number of carbonyl (C=O) groups excluding carboxylic acids is 1. The lowest BCUT2D eigenvalue weighted by Crippen LogP contribution is -2.10. The Bertz CT molecular complexity index is 648. The molecular formula is C12H6BrClN2OS. The van der Waals surface area contributed by atoms with Crippen LogP contribution < -0.4 is 5.32 Å². The summed E-state index contributed by atoms with van der Waals surface area (Å²) in [5.74, 6) is -0.211. The lowest BCUT2D eigenvalue weighted by atomic mass is 10.2. The third kappa shape index (κ3) is 2.72. The molecule has 0 aliphatic heterocycles. The topological polar surface area (TPSA) is 52.9 Å². The van der Waals surface area contributed by atoms with Gasteiger partial charge in [0, 0.05) is 10.2 Å². The van der Waals surface area contributed by atoms with Gasteiger partial charge in [-0.15, -0.1) is 11.3 Å². The van der Waals surface area contributed by atoms with Crippen LogP contribution in [0, 0.1) is 11.3 Å². The van der Waals surface area contributed by atoms with E-state index < -0.39 is 0 Å². The van der Waals surface area contributed by atoms with Gasteiger partial charge in [-0.1, -0.05) is 11.6 Å². The summed E-state index contributed by atoms with van der Waals surface area (Å²) in [5, 5.41) is 13.6. The first-order chi connectivity index (χ1) is 8.61. The van der Waals surface area contributed by atoms with E-state index in [0.717, 1.165) is 4.47 Å². The van der Waals surface area contributed by atoms with Crippen LogP contribution in [0.2, 0.25) is 5.02 Å². The van der Waals surface area contributed by atoms with Crippen LogP contribution in [0.3, 0.4) is 0 Å². The van der Waals surface area contributed by atoms with Gasteiger partial charge in [0.2, 0.25) is 0 Å². The van der Waals surface area contributed by atoms with Gasteiger partial charge in [-0.25, -0.2) is 0 Å². The van der Waals surface area contributed by atoms with Gasteiger partial charge < -0.3 is 5.32 Å². The molecule has 0 bridgehead atoms. The third-order valence-electron chi connectivity index (χ3n) is 2.17. The number of amides is 1. The minimum atomic E-state index is -0.211. The molecule has 0 saturated carbocycles. The monoisotopic (exact) mass is 340 g/mol. The number of rotatable bonds is 2. The van der Waals surface area contributed by atoms with Crippen molar-refractivity contribution < 1.29 is 4.79 Å². The maximum absolute atomic E-state index is 11.9. The van der Waals surface area contributed by atoms with E-state index in [-0.39, 0.29) is 5.91 Å². The second-order valence-corrected chi connectivity index (χ2v) is 5.54. The van der Waals surface area contributed by atoms with Gasteiger partial charge in [-0.05, 0) is 45.6 Å². The van der Waals surface area contributed by atoms with Crippen LogP contribution in [0.5, 0.6) is 0 Å². The molecule has 1 amide bonds. The Morgan fingerprint density at radius 1 is 1.44 bits per heavy atom. The van der Waals surface area contributed by atoms with Crippen molar-refractivity contribution in [3.8, 4) is 6.07 Å². The predicted octanol–water partition coefficient (Wildman–Crippen LogP) is 4.29. The number of thiophene rings is 1. The maximum Gasteiger partial charge on any atom is 0.266 e. The average molecular weight is 342 g/mol. The summed E-state index contributed by atoms with van der Waals surface area (Å²) in [6, 6.07) is 8.54. The van der Waals surface area contributed by atoms with Crippen LogP contribution in [-0.2, 0) is 0 Å². The Kier molecular flexibility index (Phi) is 4.02. The van der Waals surface area contributed by atoms with Crippen molar-refractivity contribution in [1.82, 2.24) is 0 Å². The van der Waals surface area contributed by atoms with Crippen LogP contribution >= 0.6 is 38.9 Å². The van der Waals surface area contributed by atoms with E-state index in [1.807, 2.05) is 17.5 Å². The first-order valence-corrected chi connectivity index (χ1v) is 6.91. The van der Waals surface area contributed by atoms with Crippen LogP contribution in [0.4, 0.5) is 5.69 Å². The van der Waals surface area contributed by atoms with Crippen molar-refractivity contribution >= 4 is 50.5 Å². The molecule has 2 rings (SSSR count). The first kappa shape index (κ1) is 13.1. The van der Waals surface area contributed by atoms with Crippen molar-refractivity contribution in [2.75, 3.05) is 5.32 Å². The van der Waals surface area contributed by atoms with Gasteiger partial charge in [0.15, 0.2) is 0 Å². The summed E-state index contributed by atoms with van der Waals surface area (Å²) < 4.78 is 0.754. The van der Waals surface area contributed by atoms with Crippen LogP contribution in [0.15, 0.2) is 34.1 Å². The molecular weight excluding hydrogens is 336 g/mol. The molecule has 1 aromatic carbocycles. The Morgan fingerprint density at radius 3 is 2.78 bits per heavy atom. The number of benzene rings is 1. The summed E-state index contributed by atoms with van der Waals surface area (Å²) in [4.78, 5) is 12.5. The van der Waals surface area contributed by atoms with Gasteiger partial charge in [0.1, 0.15) is 10.9 Å². The fourth-order valence-electron chi connectivity index (χ4n) is 1.33. The zero-order valence-corrected chi connectivity index (χ0v) is 12.1. The molecule has 0 spiro atoms. The Balaban J connectivity index is 2.21. The van der Waals surface area contributed by atoms with E-state index in [0.29, 0.717) is 21.2 Å². The number of nitrogens with one attached hydrogen (secondary N) is 1. The van der Waals surface area contributed by atoms with Gasteiger partial charge in [-0.3, -0.25) is 4.79 Å². The molecule has 0 saturated heterocycles. The number of anilines is 1. The molecule has 90 valence electrons. The van der Waals surface area contributed by atoms with Crippen molar-refractivity contribution in [1.29, 1.82) is 5.26 Å². The molecule has 6 heteroatoms. The van der Waals surface area contributed by atoms with E-state index in [1.54, 1.807) is 18.2 Å². The molecule has 0 aliphatic carbocycles. The molecule has 1 heterocycles. The molecule has 0 unspecified atom stereocenters. The van der Waals surface area contributed by atoms with Crippen molar-refractivity contribution in [2.24, 2.45) is 0 Å². The molecule has 18 heavy (non-hydrogen) atoms. The zero-order valence-electron chi connectivity index (χ0n) is 8.91. The number of hydrogen-bond acceptors (Lipinski definition) is 3. The van der Waals surface area contributed by atoms with Crippen molar-refractivity contribution in [2.45, 2.75) is 0 Å². The quantitative estimate of drug-likeness (QED) is 0.886. The average Bonchev–Trinajstić information content (AvgIpc) is 2.76. The van der Waals surface area contributed by atoms with Crippen LogP contribution in [-0.4, -0.2) is 5.91 Å². The highest BCUT2D eigenvalue weighted by atomic mass is 79.9. The number of halogens is 2. The minimum Gasteiger partial charge on any atom is -0.321 e. The molecule has 1 aromatic heterocycles. The van der Waals surface area contributed by atoms with E-state index in [4.69, 9.17) is 16.9 Å². The fourth-order valence-corrected chi connectivity index (χ4v) is 3.00. The SMILES string of the molecule is N#Cc1ccc(NC(=O)c2sccc2Br)cc1Cl. The molecule has 0 atom stereocenters. The first-order valence-electron chi connectivity index (χ1n) is 4.86. The minimum absolute atomic E-state index is 0.211. The Labute approximate surface area is 121 Å². The highest BCUT2D eigenvalue weighted by Gasteiger charge is 2.12. The molecule has 2 aromatic rings. The molecule has 0 fully saturated rings. The number of nitriles is 1. The Morgan fingerprint density at radius 2 is 2.22 bits per heavy atom. The largest absolute Gasteiger partial charge is 0.321 e. The lowest BCUT2D eigenvalue weighted by molar-refractivity contribution is 0.103. The van der Waals surface area contributed by atoms with Gasteiger partial charge >= 0.3 is 0 Å². The fraction of sp³-hybridized carbons (Fsp3) is 0. The van der Waals surface area contributed by atoms with Gasteiger partial charge in [0.25, 0.3) is 5.91 Å². The predicted molar refractivity (Wildman–Crippen MR) is 76.1 cm³/mol. The van der Waals surface area contributed by atoms with E-state index in [1.165, 1.54) is 11.3 Å². The summed E-state index contributed by atoms with van der Waals surface area (Å²) in [6.07, 6.45) is 0. The van der Waals surface area contributed by atoms with Gasteiger partial charge in [0.05, 0.1) is 10.6 Å². The second kappa shape index (κ2) is 5.53. The number of carbonyl (C=O) groups is 1. The molecule has 0 radical (unpaired) electrons. The van der Waals surface area contributed by atoms with Crippen molar-refractivity contribution in [3.63, 3.8) is 0 Å². The summed E-state index contributed by atoms with van der Waals surface area (Å²) in [6.45, 7) is 0. The lowest BCUT2D eigenvalue weighted by Gasteiger charge is -2.05. The Hall–Kier alpha value is -1.35. The second-order valence-electron chi connectivity index (χ2n) is 3.36. The normalized spacial score (nSPS) is 9.83. The van der Waals surface area contributed by atoms with Gasteiger partial charge in [-0.2, -0.15) is 5.26 Å². The maximum atomic E-state index is 11.9. The molecule has 3 nitrogen and oxygen atoms in total. The standard InChI is InChI=1S/C12H6BrClN2OS/c13-9-3-4-18-11(9)12(17)16-8-2-1-7(6-15)10(14)5-8/h1-5H,(H,16,17). The molecule has 0 aliphatic rings. The van der Waals surface area contributed by atoms with Crippen molar-refractivity contribution in [3.05, 3.63) is 49.6 Å². The van der Waals surface area contributed by atoms with Crippen LogP contribution in [0.25, 0.3) is 0 Å². The van der Waals surface area contributed by atoms with Crippen LogP contribution in [0.1, 0.15) is 15.2 Å². The third-order valence-corrected chi connectivity index (χ3v) is 4.32. The number of nitrogens with zero attached hydrogens (tertiary/aromatic N) is 1. The summed E-state index contributed by atoms with van der Waals surface area (Å²) in [7, 11) is 0. The van der Waals surface area contributed by atoms with E-state index in [2.05, 4.69) is 21.2 Å². The summed E-state index contributed by atoms with van der Waals surface area (Å²) in [5.41, 5.74) is 0.941.